The Hall–Kier alpha value is -2.17. The number of carbonyl (C=O) groups excluding carboxylic acids is 1. The molecule has 2 aromatic rings. The Balaban J connectivity index is 2.10. The molecule has 1 unspecified atom stereocenters. The highest BCUT2D eigenvalue weighted by Gasteiger charge is 2.18. The van der Waals surface area contributed by atoms with Crippen LogP contribution in [0.3, 0.4) is 0 Å². The summed E-state index contributed by atoms with van der Waals surface area (Å²) in [5.41, 5.74) is 8.69. The van der Waals surface area contributed by atoms with Crippen LogP contribution in [0.4, 0.5) is 5.69 Å². The van der Waals surface area contributed by atoms with E-state index >= 15 is 0 Å². The topological polar surface area (TPSA) is 58.4 Å². The second kappa shape index (κ2) is 7.73. The normalized spacial score (nSPS) is 12.2. The van der Waals surface area contributed by atoms with E-state index in [1.807, 2.05) is 68.7 Å². The van der Waals surface area contributed by atoms with Gasteiger partial charge in [-0.3, -0.25) is 4.79 Å². The number of nitrogens with two attached hydrogens (primary N) is 1. The summed E-state index contributed by atoms with van der Waals surface area (Å²) in [6.45, 7) is 1.12. The predicted octanol–water partition coefficient (Wildman–Crippen LogP) is 2.43. The SMILES string of the molecule is CN(C)Cc1cccc(NC(=O)C(CN)c2ccccc2)c1. The minimum atomic E-state index is -0.335. The molecule has 0 radical (unpaired) electrons. The molecule has 0 aliphatic carbocycles. The zero-order valence-electron chi connectivity index (χ0n) is 13.1. The van der Waals surface area contributed by atoms with E-state index in [4.69, 9.17) is 5.73 Å². The van der Waals surface area contributed by atoms with Gasteiger partial charge in [-0.15, -0.1) is 0 Å². The first kappa shape index (κ1) is 16.2. The molecule has 0 aliphatic heterocycles. The lowest BCUT2D eigenvalue weighted by Crippen LogP contribution is -2.27. The molecule has 3 N–H and O–H groups in total. The van der Waals surface area contributed by atoms with E-state index in [0.29, 0.717) is 0 Å². The van der Waals surface area contributed by atoms with Crippen LogP contribution in [0.25, 0.3) is 0 Å². The molecule has 1 amide bonds. The van der Waals surface area contributed by atoms with Gasteiger partial charge in [0.15, 0.2) is 0 Å². The highest BCUT2D eigenvalue weighted by atomic mass is 16.1. The van der Waals surface area contributed by atoms with Gasteiger partial charge in [-0.25, -0.2) is 0 Å². The van der Waals surface area contributed by atoms with Gasteiger partial charge in [0.05, 0.1) is 5.92 Å². The second-order valence-corrected chi connectivity index (χ2v) is 5.63. The molecule has 4 heteroatoms. The molecule has 0 saturated heterocycles. The summed E-state index contributed by atoms with van der Waals surface area (Å²) in [5, 5.41) is 2.97. The summed E-state index contributed by atoms with van der Waals surface area (Å²) in [6.07, 6.45) is 0. The molecule has 116 valence electrons. The minimum Gasteiger partial charge on any atom is -0.329 e. The average molecular weight is 297 g/mol. The maximum atomic E-state index is 12.5. The van der Waals surface area contributed by atoms with Gasteiger partial charge >= 0.3 is 0 Å². The molecule has 2 rings (SSSR count). The van der Waals surface area contributed by atoms with Crippen molar-refractivity contribution in [2.45, 2.75) is 12.5 Å². The van der Waals surface area contributed by atoms with Crippen LogP contribution < -0.4 is 11.1 Å². The number of nitrogens with zero attached hydrogens (tertiary/aromatic N) is 1. The zero-order chi connectivity index (χ0) is 15.9. The highest BCUT2D eigenvalue weighted by Crippen LogP contribution is 2.18. The van der Waals surface area contributed by atoms with Gasteiger partial charge in [0, 0.05) is 18.8 Å². The summed E-state index contributed by atoms with van der Waals surface area (Å²) in [5.74, 6) is -0.408. The van der Waals surface area contributed by atoms with E-state index in [-0.39, 0.29) is 18.4 Å². The molecule has 0 bridgehead atoms. The van der Waals surface area contributed by atoms with Gasteiger partial charge in [-0.1, -0.05) is 42.5 Å². The third-order valence-corrected chi connectivity index (χ3v) is 3.45. The van der Waals surface area contributed by atoms with Crippen LogP contribution in [-0.2, 0) is 11.3 Å². The first-order valence-corrected chi connectivity index (χ1v) is 7.39. The van der Waals surface area contributed by atoms with Gasteiger partial charge in [-0.2, -0.15) is 0 Å². The van der Waals surface area contributed by atoms with Gasteiger partial charge in [0.25, 0.3) is 0 Å². The molecule has 0 heterocycles. The van der Waals surface area contributed by atoms with Crippen molar-refractivity contribution < 1.29 is 4.79 Å². The van der Waals surface area contributed by atoms with Crippen LogP contribution in [0.15, 0.2) is 54.6 Å². The van der Waals surface area contributed by atoms with Gasteiger partial charge in [0.2, 0.25) is 5.91 Å². The lowest BCUT2D eigenvalue weighted by molar-refractivity contribution is -0.117. The van der Waals surface area contributed by atoms with E-state index in [1.54, 1.807) is 0 Å². The van der Waals surface area contributed by atoms with E-state index in [0.717, 1.165) is 23.4 Å². The molecule has 0 spiro atoms. The third kappa shape index (κ3) is 4.41. The molecule has 0 aromatic heterocycles. The van der Waals surface area contributed by atoms with Gasteiger partial charge in [-0.05, 0) is 37.4 Å². The first-order chi connectivity index (χ1) is 10.6. The Morgan fingerprint density at radius 3 is 2.50 bits per heavy atom. The van der Waals surface area contributed by atoms with Crippen molar-refractivity contribution in [2.24, 2.45) is 5.73 Å². The number of benzene rings is 2. The number of rotatable bonds is 6. The number of carbonyl (C=O) groups is 1. The van der Waals surface area contributed by atoms with Crippen LogP contribution in [-0.4, -0.2) is 31.4 Å². The molecule has 4 nitrogen and oxygen atoms in total. The molecule has 1 atom stereocenters. The van der Waals surface area contributed by atoms with Gasteiger partial charge < -0.3 is 16.0 Å². The van der Waals surface area contributed by atoms with Crippen molar-refractivity contribution >= 4 is 11.6 Å². The maximum absolute atomic E-state index is 12.5. The number of hydrogen-bond acceptors (Lipinski definition) is 3. The molecular formula is C18H23N3O. The Kier molecular flexibility index (Phi) is 5.69. The predicted molar refractivity (Wildman–Crippen MR) is 90.7 cm³/mol. The van der Waals surface area contributed by atoms with Crippen LogP contribution in [0.1, 0.15) is 17.0 Å². The minimum absolute atomic E-state index is 0.0734. The lowest BCUT2D eigenvalue weighted by atomic mass is 9.98. The standard InChI is InChI=1S/C18H23N3O/c1-21(2)13-14-7-6-10-16(11-14)20-18(22)17(12-19)15-8-4-3-5-9-15/h3-11,17H,12-13,19H2,1-2H3,(H,20,22). The van der Waals surface area contributed by atoms with Crippen molar-refractivity contribution in [3.8, 4) is 0 Å². The van der Waals surface area contributed by atoms with E-state index in [1.165, 1.54) is 0 Å². The van der Waals surface area contributed by atoms with Crippen molar-refractivity contribution in [3.63, 3.8) is 0 Å². The van der Waals surface area contributed by atoms with Crippen molar-refractivity contribution in [1.82, 2.24) is 4.90 Å². The molecule has 2 aromatic carbocycles. The van der Waals surface area contributed by atoms with Gasteiger partial charge in [0.1, 0.15) is 0 Å². The van der Waals surface area contributed by atoms with Crippen LogP contribution >= 0.6 is 0 Å². The quantitative estimate of drug-likeness (QED) is 0.861. The number of nitrogens with one attached hydrogen (secondary N) is 1. The van der Waals surface area contributed by atoms with E-state index < -0.39 is 0 Å². The van der Waals surface area contributed by atoms with Crippen LogP contribution in [0, 0.1) is 0 Å². The molecular weight excluding hydrogens is 274 g/mol. The maximum Gasteiger partial charge on any atom is 0.233 e. The summed E-state index contributed by atoms with van der Waals surface area (Å²) < 4.78 is 0. The van der Waals surface area contributed by atoms with E-state index in [9.17, 15) is 4.79 Å². The Morgan fingerprint density at radius 1 is 1.14 bits per heavy atom. The number of anilines is 1. The lowest BCUT2D eigenvalue weighted by Gasteiger charge is -2.16. The third-order valence-electron chi connectivity index (χ3n) is 3.45. The number of hydrogen-bond donors (Lipinski definition) is 2. The van der Waals surface area contributed by atoms with Crippen molar-refractivity contribution in [3.05, 3.63) is 65.7 Å². The first-order valence-electron chi connectivity index (χ1n) is 7.39. The number of amides is 1. The highest BCUT2D eigenvalue weighted by molar-refractivity contribution is 5.96. The summed E-state index contributed by atoms with van der Waals surface area (Å²) in [7, 11) is 4.04. The Bertz CT molecular complexity index is 611. The Morgan fingerprint density at radius 2 is 1.86 bits per heavy atom. The zero-order valence-corrected chi connectivity index (χ0v) is 13.1. The van der Waals surface area contributed by atoms with Crippen LogP contribution in [0.2, 0.25) is 0 Å². The van der Waals surface area contributed by atoms with Crippen molar-refractivity contribution in [2.75, 3.05) is 26.0 Å². The summed E-state index contributed by atoms with van der Waals surface area (Å²) in [6, 6.07) is 17.5. The summed E-state index contributed by atoms with van der Waals surface area (Å²) in [4.78, 5) is 14.6. The van der Waals surface area contributed by atoms with E-state index in [2.05, 4.69) is 10.2 Å². The summed E-state index contributed by atoms with van der Waals surface area (Å²) >= 11 is 0. The fourth-order valence-corrected chi connectivity index (χ4v) is 2.42. The molecule has 0 aliphatic rings. The molecule has 0 fully saturated rings. The van der Waals surface area contributed by atoms with Crippen LogP contribution in [0.5, 0.6) is 0 Å². The van der Waals surface area contributed by atoms with Crippen molar-refractivity contribution in [1.29, 1.82) is 0 Å². The second-order valence-electron chi connectivity index (χ2n) is 5.63. The fraction of sp³-hybridized carbons (Fsp3) is 0.278. The largest absolute Gasteiger partial charge is 0.329 e. The average Bonchev–Trinajstić information content (AvgIpc) is 2.48. The smallest absolute Gasteiger partial charge is 0.233 e. The molecule has 22 heavy (non-hydrogen) atoms. The Labute approximate surface area is 131 Å². The molecule has 0 saturated carbocycles. The fourth-order valence-electron chi connectivity index (χ4n) is 2.42. The monoisotopic (exact) mass is 297 g/mol.